The lowest BCUT2D eigenvalue weighted by molar-refractivity contribution is 0.164. The molecule has 1 aromatic heterocycles. The summed E-state index contributed by atoms with van der Waals surface area (Å²) in [6.45, 7) is 5.54. The zero-order valence-corrected chi connectivity index (χ0v) is 8.87. The molecule has 68 valence electrons. The normalized spacial score (nSPS) is 10.5. The highest BCUT2D eigenvalue weighted by Crippen LogP contribution is 2.21. The summed E-state index contributed by atoms with van der Waals surface area (Å²) in [5.41, 5.74) is 0. The highest BCUT2D eigenvalue weighted by Gasteiger charge is 1.99. The van der Waals surface area contributed by atoms with Crippen LogP contribution < -0.4 is 0 Å². The fourth-order valence-electron chi connectivity index (χ4n) is 0.669. The van der Waals surface area contributed by atoms with Crippen molar-refractivity contribution in [1.82, 2.24) is 10.2 Å². The van der Waals surface area contributed by atoms with Gasteiger partial charge in [-0.15, -0.1) is 10.2 Å². The SMILES string of the molecule is CCOCCSc1nnc(C)s1. The molecule has 1 aromatic rings. The number of aromatic nitrogens is 2. The van der Waals surface area contributed by atoms with Crippen molar-refractivity contribution in [1.29, 1.82) is 0 Å². The summed E-state index contributed by atoms with van der Waals surface area (Å²) in [6.07, 6.45) is 0. The molecule has 0 spiro atoms. The van der Waals surface area contributed by atoms with Crippen molar-refractivity contribution in [2.24, 2.45) is 0 Å². The Labute approximate surface area is 80.5 Å². The molecule has 0 N–H and O–H groups in total. The lowest BCUT2D eigenvalue weighted by Gasteiger charge is -1.96. The minimum absolute atomic E-state index is 0.787. The van der Waals surface area contributed by atoms with Crippen molar-refractivity contribution >= 4 is 23.1 Å². The molecule has 5 heteroatoms. The number of nitrogens with zero attached hydrogens (tertiary/aromatic N) is 2. The predicted octanol–water partition coefficient (Wildman–Crippen LogP) is 1.98. The molecule has 0 bridgehead atoms. The highest BCUT2D eigenvalue weighted by atomic mass is 32.2. The van der Waals surface area contributed by atoms with Crippen LogP contribution >= 0.6 is 23.1 Å². The smallest absolute Gasteiger partial charge is 0.174 e. The zero-order chi connectivity index (χ0) is 8.81. The molecule has 0 atom stereocenters. The first-order valence-corrected chi connectivity index (χ1v) is 5.63. The summed E-state index contributed by atoms with van der Waals surface area (Å²) < 4.78 is 6.23. The molecule has 0 aliphatic rings. The van der Waals surface area contributed by atoms with Crippen LogP contribution in [0.2, 0.25) is 0 Å². The first kappa shape index (κ1) is 9.95. The largest absolute Gasteiger partial charge is 0.381 e. The van der Waals surface area contributed by atoms with Gasteiger partial charge in [0, 0.05) is 12.4 Å². The van der Waals surface area contributed by atoms with E-state index >= 15 is 0 Å². The maximum absolute atomic E-state index is 5.20. The molecule has 0 aliphatic heterocycles. The van der Waals surface area contributed by atoms with E-state index in [1.807, 2.05) is 13.8 Å². The fraction of sp³-hybridized carbons (Fsp3) is 0.714. The molecule has 0 amide bonds. The maximum Gasteiger partial charge on any atom is 0.174 e. The minimum Gasteiger partial charge on any atom is -0.381 e. The molecule has 3 nitrogen and oxygen atoms in total. The Morgan fingerprint density at radius 1 is 1.50 bits per heavy atom. The molecule has 0 fully saturated rings. The van der Waals surface area contributed by atoms with Crippen LogP contribution in [0.1, 0.15) is 11.9 Å². The molecule has 0 aromatic carbocycles. The second-order valence-corrected chi connectivity index (χ2v) is 4.66. The fourth-order valence-corrected chi connectivity index (χ4v) is 2.41. The third kappa shape index (κ3) is 3.51. The summed E-state index contributed by atoms with van der Waals surface area (Å²) in [4.78, 5) is 0. The van der Waals surface area contributed by atoms with Crippen LogP contribution in [0.15, 0.2) is 4.34 Å². The molecular formula is C7H12N2OS2. The number of ether oxygens (including phenoxy) is 1. The van der Waals surface area contributed by atoms with Crippen molar-refractivity contribution in [2.45, 2.75) is 18.2 Å². The summed E-state index contributed by atoms with van der Waals surface area (Å²) in [6, 6.07) is 0. The van der Waals surface area contributed by atoms with Crippen molar-refractivity contribution in [3.05, 3.63) is 5.01 Å². The first-order valence-electron chi connectivity index (χ1n) is 3.83. The van der Waals surface area contributed by atoms with Gasteiger partial charge in [0.25, 0.3) is 0 Å². The molecule has 0 saturated heterocycles. The van der Waals surface area contributed by atoms with Gasteiger partial charge in [-0.25, -0.2) is 0 Å². The third-order valence-electron chi connectivity index (χ3n) is 1.16. The van der Waals surface area contributed by atoms with E-state index in [0.29, 0.717) is 0 Å². The average Bonchev–Trinajstić information content (AvgIpc) is 2.45. The van der Waals surface area contributed by atoms with Gasteiger partial charge in [-0.1, -0.05) is 23.1 Å². The van der Waals surface area contributed by atoms with Gasteiger partial charge < -0.3 is 4.74 Å². The number of thioether (sulfide) groups is 1. The van der Waals surface area contributed by atoms with Crippen molar-refractivity contribution < 1.29 is 4.74 Å². The van der Waals surface area contributed by atoms with E-state index in [4.69, 9.17) is 4.74 Å². The van der Waals surface area contributed by atoms with Crippen LogP contribution in [0.4, 0.5) is 0 Å². The van der Waals surface area contributed by atoms with Crippen LogP contribution in [-0.4, -0.2) is 29.2 Å². The number of hydrogen-bond donors (Lipinski definition) is 0. The summed E-state index contributed by atoms with van der Waals surface area (Å²) in [7, 11) is 0. The Kier molecular flexibility index (Phi) is 4.57. The van der Waals surface area contributed by atoms with Crippen LogP contribution in [0, 0.1) is 6.92 Å². The van der Waals surface area contributed by atoms with Crippen molar-refractivity contribution in [2.75, 3.05) is 19.0 Å². The maximum atomic E-state index is 5.20. The first-order chi connectivity index (χ1) is 5.83. The highest BCUT2D eigenvalue weighted by molar-refractivity contribution is 8.01. The van der Waals surface area contributed by atoms with E-state index in [2.05, 4.69) is 10.2 Å². The Bertz CT molecular complexity index is 227. The van der Waals surface area contributed by atoms with Gasteiger partial charge in [-0.2, -0.15) is 0 Å². The standard InChI is InChI=1S/C7H12N2OS2/c1-3-10-4-5-11-7-9-8-6(2)12-7/h3-5H2,1-2H3. The minimum atomic E-state index is 0.787. The van der Waals surface area contributed by atoms with E-state index in [1.165, 1.54) is 0 Å². The molecule has 1 rings (SSSR count). The lowest BCUT2D eigenvalue weighted by atomic mass is 10.8. The van der Waals surface area contributed by atoms with E-state index < -0.39 is 0 Å². The zero-order valence-electron chi connectivity index (χ0n) is 7.24. The molecule has 0 saturated carbocycles. The Hall–Kier alpha value is -0.130. The van der Waals surface area contributed by atoms with Gasteiger partial charge in [0.05, 0.1) is 6.61 Å². The lowest BCUT2D eigenvalue weighted by Crippen LogP contribution is -1.95. The van der Waals surface area contributed by atoms with Gasteiger partial charge in [0.1, 0.15) is 5.01 Å². The molecule has 0 unspecified atom stereocenters. The second kappa shape index (κ2) is 5.50. The monoisotopic (exact) mass is 204 g/mol. The molecular weight excluding hydrogens is 192 g/mol. The van der Waals surface area contributed by atoms with Gasteiger partial charge in [0.15, 0.2) is 4.34 Å². The quantitative estimate of drug-likeness (QED) is 0.542. The average molecular weight is 204 g/mol. The third-order valence-corrected chi connectivity index (χ3v) is 3.10. The summed E-state index contributed by atoms with van der Waals surface area (Å²) in [5, 5.41) is 8.93. The van der Waals surface area contributed by atoms with Crippen molar-refractivity contribution in [3.8, 4) is 0 Å². The molecule has 1 heterocycles. The van der Waals surface area contributed by atoms with Crippen LogP contribution in [0.25, 0.3) is 0 Å². The molecule has 12 heavy (non-hydrogen) atoms. The van der Waals surface area contributed by atoms with Crippen LogP contribution in [-0.2, 0) is 4.74 Å². The summed E-state index contributed by atoms with van der Waals surface area (Å²) >= 11 is 3.33. The van der Waals surface area contributed by atoms with Crippen molar-refractivity contribution in [3.63, 3.8) is 0 Å². The van der Waals surface area contributed by atoms with Gasteiger partial charge in [0.2, 0.25) is 0 Å². The Balaban J connectivity index is 2.15. The summed E-state index contributed by atoms with van der Waals surface area (Å²) in [5.74, 6) is 0.961. The van der Waals surface area contributed by atoms with E-state index in [0.717, 1.165) is 28.3 Å². The van der Waals surface area contributed by atoms with E-state index in [9.17, 15) is 0 Å². The van der Waals surface area contributed by atoms with Gasteiger partial charge >= 0.3 is 0 Å². The number of aryl methyl sites for hydroxylation is 1. The Morgan fingerprint density at radius 3 is 2.92 bits per heavy atom. The molecule has 0 radical (unpaired) electrons. The van der Waals surface area contributed by atoms with E-state index in [1.54, 1.807) is 23.1 Å². The molecule has 0 aliphatic carbocycles. The second-order valence-electron chi connectivity index (χ2n) is 2.13. The number of hydrogen-bond acceptors (Lipinski definition) is 5. The number of rotatable bonds is 5. The van der Waals surface area contributed by atoms with Gasteiger partial charge in [-0.3, -0.25) is 0 Å². The van der Waals surface area contributed by atoms with Crippen LogP contribution in [0.3, 0.4) is 0 Å². The van der Waals surface area contributed by atoms with Gasteiger partial charge in [-0.05, 0) is 13.8 Å². The predicted molar refractivity (Wildman–Crippen MR) is 51.9 cm³/mol. The van der Waals surface area contributed by atoms with Crippen LogP contribution in [0.5, 0.6) is 0 Å². The Morgan fingerprint density at radius 2 is 2.33 bits per heavy atom. The topological polar surface area (TPSA) is 35.0 Å². The van der Waals surface area contributed by atoms with E-state index in [-0.39, 0.29) is 0 Å².